The largest absolute Gasteiger partial charge is 0.571 e. The highest BCUT2D eigenvalue weighted by Crippen LogP contribution is 2.38. The van der Waals surface area contributed by atoms with Gasteiger partial charge >= 0.3 is 0 Å². The van der Waals surface area contributed by atoms with Gasteiger partial charge in [0.05, 0.1) is 29.3 Å². The first-order chi connectivity index (χ1) is 13.5. The van der Waals surface area contributed by atoms with E-state index in [4.69, 9.17) is 9.47 Å². The maximum atomic E-state index is 13.7. The number of halogens is 1. The molecule has 0 fully saturated rings. The van der Waals surface area contributed by atoms with Crippen molar-refractivity contribution in [3.63, 3.8) is 0 Å². The first kappa shape index (κ1) is 18.2. The van der Waals surface area contributed by atoms with Gasteiger partial charge in [-0.1, -0.05) is 6.07 Å². The Kier molecular flexibility index (Phi) is 4.63. The quantitative estimate of drug-likeness (QED) is 0.649. The van der Waals surface area contributed by atoms with Crippen LogP contribution in [-0.4, -0.2) is 36.4 Å². The lowest BCUT2D eigenvalue weighted by atomic mass is 10.2. The van der Waals surface area contributed by atoms with Crippen LogP contribution in [0.15, 0.2) is 47.6 Å². The van der Waals surface area contributed by atoms with Crippen molar-refractivity contribution in [2.24, 2.45) is 0 Å². The first-order valence-electron chi connectivity index (χ1n) is 8.53. The fourth-order valence-corrected chi connectivity index (χ4v) is 4.02. The van der Waals surface area contributed by atoms with E-state index < -0.39 is 15.8 Å². The second-order valence-corrected chi connectivity index (χ2v) is 7.50. The minimum atomic E-state index is -4.23. The Hall–Kier alpha value is -3.14. The Morgan fingerprint density at radius 1 is 1.32 bits per heavy atom. The van der Waals surface area contributed by atoms with Crippen LogP contribution >= 0.6 is 0 Å². The molecule has 3 aromatic rings. The second-order valence-electron chi connectivity index (χ2n) is 5.92. The molecule has 8 nitrogen and oxygen atoms in total. The van der Waals surface area contributed by atoms with Gasteiger partial charge in [-0.2, -0.15) is 5.10 Å². The molecule has 146 valence electrons. The number of nitrogens with zero attached hydrogens (tertiary/aromatic N) is 4. The van der Waals surface area contributed by atoms with Gasteiger partial charge in [0.25, 0.3) is 0 Å². The number of ether oxygens (including phenoxy) is 2. The third-order valence-electron chi connectivity index (χ3n) is 4.08. The maximum absolute atomic E-state index is 13.7. The van der Waals surface area contributed by atoms with Crippen molar-refractivity contribution >= 4 is 15.7 Å². The number of rotatable bonds is 5. The van der Waals surface area contributed by atoms with E-state index in [-0.39, 0.29) is 22.9 Å². The van der Waals surface area contributed by atoms with Gasteiger partial charge in [-0.25, -0.2) is 17.8 Å². The number of fused-ring (bicyclic) bond motifs is 3. The summed E-state index contributed by atoms with van der Waals surface area (Å²) in [6, 6.07) is 6.62. The lowest BCUT2D eigenvalue weighted by Gasteiger charge is -2.24. The molecule has 0 radical (unpaired) electrons. The summed E-state index contributed by atoms with van der Waals surface area (Å²) in [5.74, 6) is -0.289. The lowest BCUT2D eigenvalue weighted by molar-refractivity contribution is 0.290. The first-order valence-corrected chi connectivity index (χ1v) is 9.97. The minimum Gasteiger partial charge on any atom is -0.571 e. The van der Waals surface area contributed by atoms with Gasteiger partial charge in [-0.15, -0.1) is 5.69 Å². The maximum Gasteiger partial charge on any atom is 0.222 e. The van der Waals surface area contributed by atoms with Crippen molar-refractivity contribution in [1.82, 2.24) is 14.8 Å². The van der Waals surface area contributed by atoms with Crippen LogP contribution in [0, 0.1) is 5.82 Å². The second kappa shape index (κ2) is 7.12. The predicted octanol–water partition coefficient (Wildman–Crippen LogP) is 3.27. The number of benzene rings is 1. The number of sulfonamides is 1. The summed E-state index contributed by atoms with van der Waals surface area (Å²) in [6.45, 7) is 2.88. The molecule has 1 aliphatic heterocycles. The van der Waals surface area contributed by atoms with Crippen LogP contribution in [0.2, 0.25) is 0 Å². The van der Waals surface area contributed by atoms with Crippen LogP contribution in [0.1, 0.15) is 6.92 Å². The van der Waals surface area contributed by atoms with Crippen molar-refractivity contribution in [2.45, 2.75) is 18.4 Å². The van der Waals surface area contributed by atoms with E-state index in [0.717, 1.165) is 17.8 Å². The molecule has 1 aliphatic rings. The summed E-state index contributed by atoms with van der Waals surface area (Å²) in [6.07, 6.45) is 2.94. The van der Waals surface area contributed by atoms with E-state index >= 15 is 0 Å². The van der Waals surface area contributed by atoms with Crippen LogP contribution in [0.5, 0.6) is 11.6 Å². The molecule has 10 heteroatoms. The minimum absolute atomic E-state index is 0.0387. The number of aromatic nitrogens is 3. The van der Waals surface area contributed by atoms with E-state index in [1.807, 2.05) is 0 Å². The molecule has 2 aromatic heterocycles. The number of pyridine rings is 1. The van der Waals surface area contributed by atoms with Crippen LogP contribution in [0.4, 0.5) is 10.1 Å². The highest BCUT2D eigenvalue weighted by atomic mass is 32.2. The number of hydrogen-bond donors (Lipinski definition) is 0. The molecule has 0 saturated carbocycles. The molecular weight excluding hydrogens is 387 g/mol. The molecule has 3 heterocycles. The molecule has 1 aromatic carbocycles. The third kappa shape index (κ3) is 3.38. The van der Waals surface area contributed by atoms with Crippen LogP contribution in [0.3, 0.4) is 0 Å². The van der Waals surface area contributed by atoms with Crippen molar-refractivity contribution in [1.29, 1.82) is 0 Å². The summed E-state index contributed by atoms with van der Waals surface area (Å²) in [4.78, 5) is 3.84. The van der Waals surface area contributed by atoms with Crippen molar-refractivity contribution in [3.8, 4) is 22.9 Å². The molecule has 0 spiro atoms. The van der Waals surface area contributed by atoms with Gasteiger partial charge in [0, 0.05) is 12.4 Å². The van der Waals surface area contributed by atoms with E-state index in [2.05, 4.69) is 14.8 Å². The average molecular weight is 403 g/mol. The van der Waals surface area contributed by atoms with Gasteiger partial charge in [-0.05, 0) is 31.2 Å². The molecule has 0 unspecified atom stereocenters. The Morgan fingerprint density at radius 3 is 3.00 bits per heavy atom. The van der Waals surface area contributed by atoms with E-state index in [0.29, 0.717) is 24.6 Å². The van der Waals surface area contributed by atoms with Crippen LogP contribution in [-0.2, 0) is 16.6 Å². The smallest absolute Gasteiger partial charge is 0.222 e. The molecular formula is C18H16FN4O4S-. The predicted molar refractivity (Wildman–Crippen MR) is 98.7 cm³/mol. The molecule has 0 bridgehead atoms. The van der Waals surface area contributed by atoms with Crippen LogP contribution < -0.4 is 9.47 Å². The average Bonchev–Trinajstić information content (AvgIpc) is 3.06. The monoisotopic (exact) mass is 403 g/mol. The SMILES string of the molecule is CCOc1ccc(F)cc1S(=O)(=O)[N-]c1cnc2c(c1)-c1ccnn1CCO2. The Morgan fingerprint density at radius 2 is 2.18 bits per heavy atom. The van der Waals surface area contributed by atoms with Crippen molar-refractivity contribution in [3.05, 3.63) is 53.3 Å². The normalized spacial score (nSPS) is 13.1. The molecule has 0 N–H and O–H groups in total. The van der Waals surface area contributed by atoms with Crippen molar-refractivity contribution in [2.75, 3.05) is 13.2 Å². The zero-order chi connectivity index (χ0) is 19.7. The third-order valence-corrected chi connectivity index (χ3v) is 5.41. The summed E-state index contributed by atoms with van der Waals surface area (Å²) < 4.78 is 55.7. The zero-order valence-corrected chi connectivity index (χ0v) is 15.7. The zero-order valence-electron chi connectivity index (χ0n) is 14.9. The molecule has 0 atom stereocenters. The molecule has 0 saturated heterocycles. The standard InChI is InChI=1S/C18H16FN4O4S/c1-2-26-16-4-3-12(19)9-17(16)28(24,25)22-13-10-14-15-5-6-21-23(15)7-8-27-18(14)20-11-13/h3-6,9-11H,2,7-8H2,1H3/q-1. The molecule has 28 heavy (non-hydrogen) atoms. The van der Waals surface area contributed by atoms with Crippen molar-refractivity contribution < 1.29 is 22.3 Å². The van der Waals surface area contributed by atoms with Gasteiger partial charge in [0.15, 0.2) is 0 Å². The summed E-state index contributed by atoms with van der Waals surface area (Å²) in [7, 11) is -4.23. The van der Waals surface area contributed by atoms with E-state index in [1.54, 1.807) is 29.9 Å². The molecule has 4 rings (SSSR count). The fourth-order valence-electron chi connectivity index (χ4n) is 2.90. The number of hydrogen-bond acceptors (Lipinski definition) is 6. The highest BCUT2D eigenvalue weighted by Gasteiger charge is 2.18. The molecule has 0 aliphatic carbocycles. The van der Waals surface area contributed by atoms with Gasteiger partial charge in [0.2, 0.25) is 5.88 Å². The molecule has 0 amide bonds. The summed E-state index contributed by atoms with van der Waals surface area (Å²) in [5.41, 5.74) is 1.41. The topological polar surface area (TPSA) is 97.4 Å². The van der Waals surface area contributed by atoms with Gasteiger partial charge in [0.1, 0.15) is 28.2 Å². The van der Waals surface area contributed by atoms with Gasteiger partial charge in [-0.3, -0.25) is 4.68 Å². The highest BCUT2D eigenvalue weighted by molar-refractivity contribution is 7.94. The summed E-state index contributed by atoms with van der Waals surface area (Å²) >= 11 is 0. The van der Waals surface area contributed by atoms with E-state index in [9.17, 15) is 12.8 Å². The lowest BCUT2D eigenvalue weighted by Crippen LogP contribution is -2.06. The van der Waals surface area contributed by atoms with Crippen LogP contribution in [0.25, 0.3) is 16.0 Å². The fraction of sp³-hybridized carbons (Fsp3) is 0.222. The Bertz CT molecular complexity index is 1130. The Balaban J connectivity index is 1.72. The summed E-state index contributed by atoms with van der Waals surface area (Å²) in [5, 5.41) is 4.21. The Labute approximate surface area is 161 Å². The van der Waals surface area contributed by atoms with Gasteiger partial charge < -0.3 is 14.2 Å². The van der Waals surface area contributed by atoms with E-state index in [1.165, 1.54) is 12.3 Å².